The Labute approximate surface area is 155 Å². The Morgan fingerprint density at radius 3 is 2.38 bits per heavy atom. The van der Waals surface area contributed by atoms with E-state index in [0.717, 1.165) is 17.5 Å². The Balaban J connectivity index is 1.62. The third-order valence-electron chi connectivity index (χ3n) is 4.75. The molecule has 0 aromatic heterocycles. The van der Waals surface area contributed by atoms with Gasteiger partial charge >= 0.3 is 0 Å². The lowest BCUT2D eigenvalue weighted by Gasteiger charge is -2.29. The molecule has 1 heterocycles. The molecule has 0 saturated carbocycles. The maximum absolute atomic E-state index is 12.4. The second-order valence-electron chi connectivity index (χ2n) is 6.88. The highest BCUT2D eigenvalue weighted by Gasteiger charge is 2.22. The van der Waals surface area contributed by atoms with E-state index in [-0.39, 0.29) is 17.3 Å². The van der Waals surface area contributed by atoms with E-state index in [1.54, 1.807) is 17.0 Å². The lowest BCUT2D eigenvalue weighted by molar-refractivity contribution is -0.130. The van der Waals surface area contributed by atoms with E-state index in [1.165, 1.54) is 5.56 Å². The molecule has 0 saturated heterocycles. The van der Waals surface area contributed by atoms with Gasteiger partial charge < -0.3 is 4.90 Å². The highest BCUT2D eigenvalue weighted by Crippen LogP contribution is 2.19. The average molecular weight is 372 g/mol. The number of sulfonamides is 1. The number of amides is 1. The van der Waals surface area contributed by atoms with Crippen molar-refractivity contribution >= 4 is 15.9 Å². The smallest absolute Gasteiger partial charge is 0.241 e. The second-order valence-corrected chi connectivity index (χ2v) is 8.65. The summed E-state index contributed by atoms with van der Waals surface area (Å²) < 4.78 is 27.3. The first-order valence-electron chi connectivity index (χ1n) is 8.81. The summed E-state index contributed by atoms with van der Waals surface area (Å²) >= 11 is 0. The summed E-state index contributed by atoms with van der Waals surface area (Å²) in [6.45, 7) is 5.02. The van der Waals surface area contributed by atoms with Crippen LogP contribution < -0.4 is 4.72 Å². The number of carbonyl (C=O) groups excluding carboxylic acids is 1. The lowest BCUT2D eigenvalue weighted by Crippen LogP contribution is -2.42. The van der Waals surface area contributed by atoms with Crippen molar-refractivity contribution in [1.82, 2.24) is 9.62 Å². The first-order valence-corrected chi connectivity index (χ1v) is 10.3. The van der Waals surface area contributed by atoms with E-state index in [0.29, 0.717) is 19.0 Å². The molecule has 6 heteroatoms. The number of nitrogens with zero attached hydrogens (tertiary/aromatic N) is 1. The number of rotatable bonds is 5. The van der Waals surface area contributed by atoms with Crippen molar-refractivity contribution in [2.75, 3.05) is 13.1 Å². The fourth-order valence-electron chi connectivity index (χ4n) is 3.09. The van der Waals surface area contributed by atoms with Gasteiger partial charge in [-0.1, -0.05) is 50.2 Å². The molecule has 0 spiro atoms. The van der Waals surface area contributed by atoms with Crippen molar-refractivity contribution in [3.63, 3.8) is 0 Å². The Bertz CT molecular complexity index is 890. The van der Waals surface area contributed by atoms with Crippen LogP contribution in [-0.4, -0.2) is 32.3 Å². The largest absolute Gasteiger partial charge is 0.337 e. The quantitative estimate of drug-likeness (QED) is 0.877. The fraction of sp³-hybridized carbons (Fsp3) is 0.350. The van der Waals surface area contributed by atoms with Crippen molar-refractivity contribution in [3.05, 3.63) is 65.2 Å². The molecule has 0 atom stereocenters. The van der Waals surface area contributed by atoms with Crippen LogP contribution in [-0.2, 0) is 27.8 Å². The number of hydrogen-bond donors (Lipinski definition) is 1. The maximum Gasteiger partial charge on any atom is 0.241 e. The van der Waals surface area contributed by atoms with Crippen LogP contribution in [0.2, 0.25) is 0 Å². The zero-order valence-corrected chi connectivity index (χ0v) is 15.9. The summed E-state index contributed by atoms with van der Waals surface area (Å²) in [5, 5.41) is 0. The van der Waals surface area contributed by atoms with Gasteiger partial charge in [0.05, 0.1) is 11.4 Å². The van der Waals surface area contributed by atoms with Gasteiger partial charge in [0.25, 0.3) is 0 Å². The minimum atomic E-state index is -3.69. The normalized spacial score (nSPS) is 14.3. The molecular formula is C20H24N2O3S. The predicted octanol–water partition coefficient (Wildman–Crippen LogP) is 2.67. The van der Waals surface area contributed by atoms with Crippen molar-refractivity contribution in [3.8, 4) is 0 Å². The van der Waals surface area contributed by atoms with E-state index in [1.807, 2.05) is 30.3 Å². The van der Waals surface area contributed by atoms with Crippen LogP contribution in [0.4, 0.5) is 0 Å². The molecule has 1 aliphatic rings. The summed E-state index contributed by atoms with van der Waals surface area (Å²) in [6, 6.07) is 14.8. The number of nitrogens with one attached hydrogen (secondary N) is 1. The van der Waals surface area contributed by atoms with E-state index >= 15 is 0 Å². The van der Waals surface area contributed by atoms with Gasteiger partial charge in [-0.25, -0.2) is 13.1 Å². The monoisotopic (exact) mass is 372 g/mol. The molecule has 0 radical (unpaired) electrons. The van der Waals surface area contributed by atoms with Crippen molar-refractivity contribution in [2.45, 2.75) is 37.6 Å². The molecule has 0 fully saturated rings. The SMILES string of the molecule is CC(C)c1ccc(S(=O)(=O)NCC(=O)N2CCc3ccccc3C2)cc1. The van der Waals surface area contributed by atoms with Crippen LogP contribution in [0.25, 0.3) is 0 Å². The van der Waals surface area contributed by atoms with Crippen LogP contribution in [0.15, 0.2) is 53.4 Å². The van der Waals surface area contributed by atoms with Gasteiger partial charge in [-0.05, 0) is 41.2 Å². The van der Waals surface area contributed by atoms with Gasteiger partial charge in [0, 0.05) is 13.1 Å². The second kappa shape index (κ2) is 7.60. The van der Waals surface area contributed by atoms with Crippen LogP contribution in [0.5, 0.6) is 0 Å². The summed E-state index contributed by atoms with van der Waals surface area (Å²) in [4.78, 5) is 14.3. The highest BCUT2D eigenvalue weighted by molar-refractivity contribution is 7.89. The first-order chi connectivity index (χ1) is 12.4. The third kappa shape index (κ3) is 4.14. The van der Waals surface area contributed by atoms with Gasteiger partial charge in [0.15, 0.2) is 0 Å². The van der Waals surface area contributed by atoms with E-state index in [4.69, 9.17) is 0 Å². The zero-order chi connectivity index (χ0) is 18.7. The minimum Gasteiger partial charge on any atom is -0.337 e. The van der Waals surface area contributed by atoms with Crippen LogP contribution in [0.1, 0.15) is 36.5 Å². The molecule has 3 rings (SSSR count). The zero-order valence-electron chi connectivity index (χ0n) is 15.1. The molecule has 2 aromatic rings. The van der Waals surface area contributed by atoms with Gasteiger partial charge in [-0.15, -0.1) is 0 Å². The highest BCUT2D eigenvalue weighted by atomic mass is 32.2. The maximum atomic E-state index is 12.4. The third-order valence-corrected chi connectivity index (χ3v) is 6.17. The molecule has 1 N–H and O–H groups in total. The molecule has 5 nitrogen and oxygen atoms in total. The van der Waals surface area contributed by atoms with Gasteiger partial charge in [0.1, 0.15) is 0 Å². The van der Waals surface area contributed by atoms with Crippen molar-refractivity contribution < 1.29 is 13.2 Å². The fourth-order valence-corrected chi connectivity index (χ4v) is 4.07. The van der Waals surface area contributed by atoms with Crippen LogP contribution in [0, 0.1) is 0 Å². The molecule has 0 bridgehead atoms. The minimum absolute atomic E-state index is 0.179. The number of carbonyl (C=O) groups is 1. The Hall–Kier alpha value is -2.18. The molecular weight excluding hydrogens is 348 g/mol. The Kier molecular flexibility index (Phi) is 5.44. The number of hydrogen-bond acceptors (Lipinski definition) is 3. The Morgan fingerprint density at radius 1 is 1.08 bits per heavy atom. The predicted molar refractivity (Wildman–Crippen MR) is 101 cm³/mol. The molecule has 138 valence electrons. The summed E-state index contributed by atoms with van der Waals surface area (Å²) in [5.74, 6) is 0.130. The molecule has 0 unspecified atom stereocenters. The topological polar surface area (TPSA) is 66.5 Å². The summed E-state index contributed by atoms with van der Waals surface area (Å²) in [7, 11) is -3.69. The molecule has 1 amide bonds. The number of fused-ring (bicyclic) bond motifs is 1. The van der Waals surface area contributed by atoms with E-state index < -0.39 is 10.0 Å². The molecule has 0 aliphatic carbocycles. The Morgan fingerprint density at radius 2 is 1.73 bits per heavy atom. The summed E-state index contributed by atoms with van der Waals surface area (Å²) in [6.07, 6.45) is 0.797. The van der Waals surface area contributed by atoms with E-state index in [9.17, 15) is 13.2 Å². The van der Waals surface area contributed by atoms with E-state index in [2.05, 4.69) is 24.6 Å². The lowest BCUT2D eigenvalue weighted by atomic mass is 10.00. The van der Waals surface area contributed by atoms with Crippen molar-refractivity contribution in [2.24, 2.45) is 0 Å². The average Bonchev–Trinajstić information content (AvgIpc) is 2.66. The van der Waals surface area contributed by atoms with Gasteiger partial charge in [-0.2, -0.15) is 0 Å². The number of benzene rings is 2. The van der Waals surface area contributed by atoms with Gasteiger partial charge in [0.2, 0.25) is 15.9 Å². The standard InChI is InChI=1S/C20H24N2O3S/c1-15(2)16-7-9-19(10-8-16)26(24,25)21-13-20(23)22-12-11-17-5-3-4-6-18(17)14-22/h3-10,15,21H,11-14H2,1-2H3. The molecule has 1 aliphatic heterocycles. The first kappa shape index (κ1) is 18.6. The van der Waals surface area contributed by atoms with Crippen LogP contribution in [0.3, 0.4) is 0 Å². The summed E-state index contributed by atoms with van der Waals surface area (Å²) in [5.41, 5.74) is 3.45. The molecule has 26 heavy (non-hydrogen) atoms. The van der Waals surface area contributed by atoms with Crippen molar-refractivity contribution in [1.29, 1.82) is 0 Å². The molecule has 2 aromatic carbocycles. The van der Waals surface area contributed by atoms with Gasteiger partial charge in [-0.3, -0.25) is 4.79 Å². The van der Waals surface area contributed by atoms with Crippen LogP contribution >= 0.6 is 0 Å².